The lowest BCUT2D eigenvalue weighted by Crippen LogP contribution is -2.48. The van der Waals surface area contributed by atoms with Gasteiger partial charge in [-0.15, -0.1) is 0 Å². The van der Waals surface area contributed by atoms with Gasteiger partial charge in [-0.1, -0.05) is 6.92 Å². The van der Waals surface area contributed by atoms with Crippen LogP contribution in [0.1, 0.15) is 25.1 Å². The molecule has 15 heavy (non-hydrogen) atoms. The standard InChI is InChI=1S/C11H15NO3/c1-7-9(6-13)12-8(5-10(7)14)11-3-2-4-15-11/h2-4,7-9,12-13H,5-6H2,1H3/t7-,8+,9+/m0/s1. The van der Waals surface area contributed by atoms with E-state index in [2.05, 4.69) is 5.32 Å². The molecule has 0 spiro atoms. The van der Waals surface area contributed by atoms with Gasteiger partial charge in [0.15, 0.2) is 0 Å². The third-order valence-corrected chi connectivity index (χ3v) is 3.02. The summed E-state index contributed by atoms with van der Waals surface area (Å²) < 4.78 is 5.25. The zero-order chi connectivity index (χ0) is 10.8. The van der Waals surface area contributed by atoms with Crippen LogP contribution < -0.4 is 5.32 Å². The van der Waals surface area contributed by atoms with Gasteiger partial charge < -0.3 is 14.8 Å². The van der Waals surface area contributed by atoms with E-state index >= 15 is 0 Å². The van der Waals surface area contributed by atoms with Gasteiger partial charge in [-0.25, -0.2) is 0 Å². The van der Waals surface area contributed by atoms with Gasteiger partial charge >= 0.3 is 0 Å². The molecule has 0 aromatic carbocycles. The van der Waals surface area contributed by atoms with E-state index in [1.165, 1.54) is 0 Å². The van der Waals surface area contributed by atoms with Crippen LogP contribution in [0.2, 0.25) is 0 Å². The van der Waals surface area contributed by atoms with Crippen LogP contribution >= 0.6 is 0 Å². The van der Waals surface area contributed by atoms with Gasteiger partial charge in [0.2, 0.25) is 0 Å². The fourth-order valence-corrected chi connectivity index (χ4v) is 1.96. The van der Waals surface area contributed by atoms with Crippen molar-refractivity contribution in [1.82, 2.24) is 5.32 Å². The molecule has 2 rings (SSSR count). The van der Waals surface area contributed by atoms with Crippen LogP contribution in [0.4, 0.5) is 0 Å². The summed E-state index contributed by atoms with van der Waals surface area (Å²) in [4.78, 5) is 11.7. The number of hydrogen-bond donors (Lipinski definition) is 2. The smallest absolute Gasteiger partial charge is 0.139 e. The van der Waals surface area contributed by atoms with E-state index in [1.54, 1.807) is 12.3 Å². The number of aliphatic hydroxyl groups is 1. The van der Waals surface area contributed by atoms with Crippen molar-refractivity contribution in [3.63, 3.8) is 0 Å². The number of carbonyl (C=O) groups is 1. The Morgan fingerprint density at radius 2 is 2.47 bits per heavy atom. The van der Waals surface area contributed by atoms with Crippen LogP contribution in [0.3, 0.4) is 0 Å². The monoisotopic (exact) mass is 209 g/mol. The molecule has 2 heterocycles. The number of carbonyl (C=O) groups excluding carboxylic acids is 1. The zero-order valence-electron chi connectivity index (χ0n) is 8.64. The lowest BCUT2D eigenvalue weighted by atomic mass is 9.87. The molecular formula is C11H15NO3. The van der Waals surface area contributed by atoms with Gasteiger partial charge in [-0.3, -0.25) is 4.79 Å². The molecule has 0 bridgehead atoms. The molecular weight excluding hydrogens is 194 g/mol. The summed E-state index contributed by atoms with van der Waals surface area (Å²) in [6.45, 7) is 1.82. The summed E-state index contributed by atoms with van der Waals surface area (Å²) in [5, 5.41) is 12.4. The fraction of sp³-hybridized carbons (Fsp3) is 0.545. The summed E-state index contributed by atoms with van der Waals surface area (Å²) in [5.74, 6) is 0.809. The molecule has 1 aromatic rings. The van der Waals surface area contributed by atoms with Crippen LogP contribution in [-0.2, 0) is 4.79 Å². The van der Waals surface area contributed by atoms with Crippen LogP contribution in [0.5, 0.6) is 0 Å². The summed E-state index contributed by atoms with van der Waals surface area (Å²) >= 11 is 0. The van der Waals surface area contributed by atoms with E-state index in [0.29, 0.717) is 6.42 Å². The maximum Gasteiger partial charge on any atom is 0.139 e. The number of aliphatic hydroxyl groups excluding tert-OH is 1. The topological polar surface area (TPSA) is 62.5 Å². The molecule has 0 aliphatic carbocycles. The molecule has 4 heteroatoms. The normalized spacial score (nSPS) is 31.9. The molecule has 4 nitrogen and oxygen atoms in total. The molecule has 0 radical (unpaired) electrons. The number of Topliss-reactive ketones (excluding diaryl/α,β-unsaturated/α-hetero) is 1. The first-order valence-corrected chi connectivity index (χ1v) is 5.15. The Morgan fingerprint density at radius 3 is 3.07 bits per heavy atom. The Hall–Kier alpha value is -1.13. The first-order chi connectivity index (χ1) is 7.22. The molecule has 0 amide bonds. The summed E-state index contributed by atoms with van der Waals surface area (Å²) in [7, 11) is 0. The van der Waals surface area contributed by atoms with Gasteiger partial charge in [0.25, 0.3) is 0 Å². The van der Waals surface area contributed by atoms with Crippen molar-refractivity contribution in [3.8, 4) is 0 Å². The van der Waals surface area contributed by atoms with Gasteiger partial charge in [0.1, 0.15) is 11.5 Å². The minimum atomic E-state index is -0.165. The minimum Gasteiger partial charge on any atom is -0.468 e. The van der Waals surface area contributed by atoms with Gasteiger partial charge in [-0.2, -0.15) is 0 Å². The van der Waals surface area contributed by atoms with E-state index in [9.17, 15) is 4.79 Å². The minimum absolute atomic E-state index is 0.0237. The fourth-order valence-electron chi connectivity index (χ4n) is 1.96. The van der Waals surface area contributed by atoms with E-state index in [4.69, 9.17) is 9.52 Å². The number of rotatable bonds is 2. The van der Waals surface area contributed by atoms with Crippen molar-refractivity contribution in [2.75, 3.05) is 6.61 Å². The highest BCUT2D eigenvalue weighted by molar-refractivity contribution is 5.83. The molecule has 1 aliphatic rings. The average Bonchev–Trinajstić information content (AvgIpc) is 2.75. The second kappa shape index (κ2) is 4.16. The highest BCUT2D eigenvalue weighted by atomic mass is 16.3. The molecule has 1 saturated heterocycles. The van der Waals surface area contributed by atoms with Crippen LogP contribution in [0.15, 0.2) is 22.8 Å². The molecule has 0 unspecified atom stereocenters. The second-order valence-corrected chi connectivity index (χ2v) is 3.98. The lowest BCUT2D eigenvalue weighted by Gasteiger charge is -2.32. The Bertz CT molecular complexity index is 334. The quantitative estimate of drug-likeness (QED) is 0.759. The Labute approximate surface area is 88.3 Å². The van der Waals surface area contributed by atoms with E-state index in [-0.39, 0.29) is 30.4 Å². The SMILES string of the molecule is C[C@@H]1C(=O)C[C@H](c2ccco2)N[C@@H]1CO. The molecule has 1 aromatic heterocycles. The molecule has 2 N–H and O–H groups in total. The highest BCUT2D eigenvalue weighted by Crippen LogP contribution is 2.26. The van der Waals surface area contributed by atoms with Crippen molar-refractivity contribution < 1.29 is 14.3 Å². The third kappa shape index (κ3) is 1.96. The Balaban J connectivity index is 2.13. The maximum absolute atomic E-state index is 11.7. The van der Waals surface area contributed by atoms with Crippen LogP contribution in [0.25, 0.3) is 0 Å². The number of hydrogen-bond acceptors (Lipinski definition) is 4. The van der Waals surface area contributed by atoms with Gasteiger partial charge in [-0.05, 0) is 12.1 Å². The predicted molar refractivity (Wildman–Crippen MR) is 54.2 cm³/mol. The molecule has 1 aliphatic heterocycles. The predicted octanol–water partition coefficient (Wildman–Crippen LogP) is 0.880. The van der Waals surface area contributed by atoms with E-state index < -0.39 is 0 Å². The summed E-state index contributed by atoms with van der Waals surface area (Å²) in [5.41, 5.74) is 0. The van der Waals surface area contributed by atoms with E-state index in [1.807, 2.05) is 13.0 Å². The Morgan fingerprint density at radius 1 is 1.67 bits per heavy atom. The number of piperidine rings is 1. The molecule has 1 fully saturated rings. The van der Waals surface area contributed by atoms with Crippen molar-refractivity contribution in [1.29, 1.82) is 0 Å². The summed E-state index contributed by atoms with van der Waals surface area (Å²) in [6.07, 6.45) is 2.03. The van der Waals surface area contributed by atoms with Gasteiger partial charge in [0, 0.05) is 18.4 Å². The van der Waals surface area contributed by atoms with Crippen LogP contribution in [0, 0.1) is 5.92 Å². The highest BCUT2D eigenvalue weighted by Gasteiger charge is 2.34. The van der Waals surface area contributed by atoms with Crippen molar-refractivity contribution in [3.05, 3.63) is 24.2 Å². The second-order valence-electron chi connectivity index (χ2n) is 3.98. The van der Waals surface area contributed by atoms with Gasteiger partial charge in [0.05, 0.1) is 18.9 Å². The average molecular weight is 209 g/mol. The largest absolute Gasteiger partial charge is 0.468 e. The number of ketones is 1. The van der Waals surface area contributed by atoms with Crippen molar-refractivity contribution in [2.45, 2.75) is 25.4 Å². The van der Waals surface area contributed by atoms with E-state index in [0.717, 1.165) is 5.76 Å². The van der Waals surface area contributed by atoms with Crippen LogP contribution in [-0.4, -0.2) is 23.5 Å². The maximum atomic E-state index is 11.7. The first kappa shape index (κ1) is 10.4. The number of nitrogens with one attached hydrogen (secondary N) is 1. The van der Waals surface area contributed by atoms with Crippen molar-refractivity contribution in [2.24, 2.45) is 5.92 Å². The first-order valence-electron chi connectivity index (χ1n) is 5.15. The molecule has 3 atom stereocenters. The third-order valence-electron chi connectivity index (χ3n) is 3.02. The number of furan rings is 1. The molecule has 0 saturated carbocycles. The van der Waals surface area contributed by atoms with Crippen molar-refractivity contribution >= 4 is 5.78 Å². The summed E-state index contributed by atoms with van der Waals surface area (Å²) in [6, 6.07) is 3.38. The Kier molecular flexibility index (Phi) is 2.88. The zero-order valence-corrected chi connectivity index (χ0v) is 8.64. The molecule has 82 valence electrons. The lowest BCUT2D eigenvalue weighted by molar-refractivity contribution is -0.126.